The number of amides is 1. The Hall–Kier alpha value is -1.59. The lowest BCUT2D eigenvalue weighted by molar-refractivity contribution is -0.122. The zero-order valence-corrected chi connectivity index (χ0v) is 16.5. The van der Waals surface area contributed by atoms with Crippen LogP contribution in [0.3, 0.4) is 0 Å². The van der Waals surface area contributed by atoms with E-state index in [9.17, 15) is 4.79 Å². The summed E-state index contributed by atoms with van der Waals surface area (Å²) < 4.78 is 5.28. The Bertz CT molecular complexity index is 594. The quantitative estimate of drug-likeness (QED) is 0.811. The van der Waals surface area contributed by atoms with E-state index in [1.807, 2.05) is 12.1 Å². The number of nitrogens with zero attached hydrogens (tertiary/aromatic N) is 2. The molecule has 5 nitrogen and oxygen atoms in total. The predicted octanol–water partition coefficient (Wildman–Crippen LogP) is 2.26. The van der Waals surface area contributed by atoms with Crippen molar-refractivity contribution in [1.29, 1.82) is 0 Å². The fourth-order valence-electron chi connectivity index (χ4n) is 4.47. The Morgan fingerprint density at radius 3 is 2.54 bits per heavy atom. The number of hydrogen-bond donors (Lipinski definition) is 1. The van der Waals surface area contributed by atoms with Gasteiger partial charge in [0.25, 0.3) is 0 Å². The number of carbonyl (C=O) groups is 1. The van der Waals surface area contributed by atoms with E-state index in [0.717, 1.165) is 44.6 Å². The Morgan fingerprint density at radius 1 is 1.27 bits per heavy atom. The van der Waals surface area contributed by atoms with Crippen molar-refractivity contribution >= 4 is 5.91 Å². The van der Waals surface area contributed by atoms with Crippen LogP contribution in [0.2, 0.25) is 0 Å². The van der Waals surface area contributed by atoms with Gasteiger partial charge < -0.3 is 15.0 Å². The topological polar surface area (TPSA) is 44.8 Å². The highest BCUT2D eigenvalue weighted by molar-refractivity contribution is 5.78. The molecule has 0 bridgehead atoms. The smallest absolute Gasteiger partial charge is 0.234 e. The van der Waals surface area contributed by atoms with Crippen molar-refractivity contribution in [3.8, 4) is 5.75 Å². The first-order valence-electron chi connectivity index (χ1n) is 9.82. The van der Waals surface area contributed by atoms with Crippen LogP contribution in [0.4, 0.5) is 0 Å². The van der Waals surface area contributed by atoms with Crippen molar-refractivity contribution in [3.63, 3.8) is 0 Å². The summed E-state index contributed by atoms with van der Waals surface area (Å²) in [6, 6.07) is 8.96. The van der Waals surface area contributed by atoms with Crippen LogP contribution < -0.4 is 10.1 Å². The van der Waals surface area contributed by atoms with Gasteiger partial charge in [-0.1, -0.05) is 25.0 Å². The second-order valence-corrected chi connectivity index (χ2v) is 8.13. The summed E-state index contributed by atoms with van der Waals surface area (Å²) in [5, 5.41) is 3.24. The number of likely N-dealkylation sites (N-methyl/N-ethyl adjacent to an activating group) is 1. The molecule has 144 valence electrons. The molecular weight excluding hydrogens is 326 g/mol. The summed E-state index contributed by atoms with van der Waals surface area (Å²) in [5.74, 6) is 1.04. The minimum atomic E-state index is 0.0825. The normalized spacial score (nSPS) is 22.7. The fraction of sp³-hybridized carbons (Fsp3) is 0.667. The number of nitrogens with one attached hydrogen (secondary N) is 1. The fourth-order valence-corrected chi connectivity index (χ4v) is 4.47. The lowest BCUT2D eigenvalue weighted by Gasteiger charge is -2.30. The van der Waals surface area contributed by atoms with Gasteiger partial charge in [-0.15, -0.1) is 0 Å². The van der Waals surface area contributed by atoms with Crippen molar-refractivity contribution in [1.82, 2.24) is 15.1 Å². The maximum Gasteiger partial charge on any atom is 0.234 e. The van der Waals surface area contributed by atoms with E-state index in [2.05, 4.69) is 41.3 Å². The number of methoxy groups -OCH3 is 1. The van der Waals surface area contributed by atoms with Crippen molar-refractivity contribution in [3.05, 3.63) is 29.8 Å². The number of carbonyl (C=O) groups excluding carboxylic acids is 1. The maximum absolute atomic E-state index is 12.5. The first-order chi connectivity index (χ1) is 12.5. The van der Waals surface area contributed by atoms with Gasteiger partial charge in [0.05, 0.1) is 13.7 Å². The molecule has 2 fully saturated rings. The summed E-state index contributed by atoms with van der Waals surface area (Å²) in [5.41, 5.74) is 1.41. The monoisotopic (exact) mass is 359 g/mol. The second kappa shape index (κ2) is 8.40. The summed E-state index contributed by atoms with van der Waals surface area (Å²) in [6.07, 6.45) is 5.91. The van der Waals surface area contributed by atoms with E-state index in [1.165, 1.54) is 18.4 Å². The summed E-state index contributed by atoms with van der Waals surface area (Å²) in [4.78, 5) is 17.1. The molecule has 1 saturated heterocycles. The highest BCUT2D eigenvalue weighted by Crippen LogP contribution is 2.41. The molecule has 1 atom stereocenters. The second-order valence-electron chi connectivity index (χ2n) is 8.13. The van der Waals surface area contributed by atoms with E-state index in [4.69, 9.17) is 4.74 Å². The molecule has 0 radical (unpaired) electrons. The minimum Gasteiger partial charge on any atom is -0.497 e. The summed E-state index contributed by atoms with van der Waals surface area (Å²) in [7, 11) is 5.93. The molecule has 0 unspecified atom stereocenters. The molecule has 1 amide bonds. The molecule has 1 N–H and O–H groups in total. The number of benzene rings is 1. The summed E-state index contributed by atoms with van der Waals surface area (Å²) >= 11 is 0. The van der Waals surface area contributed by atoms with E-state index in [0.29, 0.717) is 12.6 Å². The van der Waals surface area contributed by atoms with Crippen molar-refractivity contribution in [2.24, 2.45) is 0 Å². The first kappa shape index (κ1) is 19.2. The van der Waals surface area contributed by atoms with Crippen LogP contribution in [-0.4, -0.2) is 69.1 Å². The molecular formula is C21H33N3O2. The molecule has 5 heteroatoms. The zero-order chi connectivity index (χ0) is 18.6. The number of rotatable bonds is 7. The van der Waals surface area contributed by atoms with Crippen molar-refractivity contribution in [2.45, 2.75) is 43.6 Å². The van der Waals surface area contributed by atoms with Gasteiger partial charge in [-0.25, -0.2) is 0 Å². The van der Waals surface area contributed by atoms with Gasteiger partial charge in [-0.3, -0.25) is 9.69 Å². The zero-order valence-electron chi connectivity index (χ0n) is 16.5. The van der Waals surface area contributed by atoms with Gasteiger partial charge in [0.1, 0.15) is 5.75 Å². The van der Waals surface area contributed by atoms with E-state index >= 15 is 0 Å². The van der Waals surface area contributed by atoms with Crippen LogP contribution in [0, 0.1) is 0 Å². The Morgan fingerprint density at radius 2 is 1.96 bits per heavy atom. The van der Waals surface area contributed by atoms with Crippen LogP contribution in [0.5, 0.6) is 5.75 Å². The Kier molecular flexibility index (Phi) is 6.20. The number of ether oxygens (including phenoxy) is 1. The molecule has 1 heterocycles. The molecule has 0 spiro atoms. The maximum atomic E-state index is 12.5. The lowest BCUT2D eigenvalue weighted by atomic mass is 9.78. The van der Waals surface area contributed by atoms with Gasteiger partial charge in [0.15, 0.2) is 0 Å². The molecule has 1 aromatic rings. The lowest BCUT2D eigenvalue weighted by Crippen LogP contribution is -2.43. The molecule has 1 saturated carbocycles. The highest BCUT2D eigenvalue weighted by Gasteiger charge is 2.36. The van der Waals surface area contributed by atoms with E-state index in [-0.39, 0.29) is 11.3 Å². The average Bonchev–Trinajstić information content (AvgIpc) is 3.30. The van der Waals surface area contributed by atoms with Gasteiger partial charge in [0.2, 0.25) is 5.91 Å². The van der Waals surface area contributed by atoms with Crippen LogP contribution in [0.25, 0.3) is 0 Å². The van der Waals surface area contributed by atoms with Crippen LogP contribution >= 0.6 is 0 Å². The van der Waals surface area contributed by atoms with Gasteiger partial charge in [-0.05, 0) is 51.1 Å². The van der Waals surface area contributed by atoms with Gasteiger partial charge in [-0.2, -0.15) is 0 Å². The third-order valence-electron chi connectivity index (χ3n) is 6.23. The molecule has 0 aromatic heterocycles. The molecule has 26 heavy (non-hydrogen) atoms. The number of likely N-dealkylation sites (tertiary alicyclic amines) is 1. The standard InChI is InChI=1S/C21H33N3O2/c1-23(2)18-10-13-24(14-18)15-20(25)22-16-21(11-4-5-12-21)17-6-8-19(26-3)9-7-17/h6-9,18H,4-5,10-16H2,1-3H3,(H,22,25)/t18-/m1/s1. The third-order valence-corrected chi connectivity index (χ3v) is 6.23. The van der Waals surface area contributed by atoms with Gasteiger partial charge >= 0.3 is 0 Å². The highest BCUT2D eigenvalue weighted by atomic mass is 16.5. The molecule has 1 aliphatic carbocycles. The van der Waals surface area contributed by atoms with Gasteiger partial charge in [0, 0.05) is 31.1 Å². The number of hydrogen-bond acceptors (Lipinski definition) is 4. The molecule has 2 aliphatic rings. The molecule has 1 aromatic carbocycles. The van der Waals surface area contributed by atoms with Crippen molar-refractivity contribution < 1.29 is 9.53 Å². The molecule has 1 aliphatic heterocycles. The van der Waals surface area contributed by atoms with Crippen LogP contribution in [-0.2, 0) is 10.2 Å². The largest absolute Gasteiger partial charge is 0.497 e. The summed E-state index contributed by atoms with van der Waals surface area (Å²) in [6.45, 7) is 3.26. The van der Waals surface area contributed by atoms with Crippen LogP contribution in [0.1, 0.15) is 37.7 Å². The average molecular weight is 360 g/mol. The van der Waals surface area contributed by atoms with Crippen molar-refractivity contribution in [2.75, 3.05) is 47.4 Å². The third kappa shape index (κ3) is 4.38. The first-order valence-corrected chi connectivity index (χ1v) is 9.82. The predicted molar refractivity (Wildman–Crippen MR) is 105 cm³/mol. The van der Waals surface area contributed by atoms with E-state index in [1.54, 1.807) is 7.11 Å². The Labute approximate surface area is 157 Å². The van der Waals surface area contributed by atoms with Crippen LogP contribution in [0.15, 0.2) is 24.3 Å². The molecule has 3 rings (SSSR count). The SMILES string of the molecule is COc1ccc(C2(CNC(=O)CN3CC[C@@H](N(C)C)C3)CCCC2)cc1. The van der Waals surface area contributed by atoms with E-state index < -0.39 is 0 Å². The minimum absolute atomic E-state index is 0.0825. The Balaban J connectivity index is 1.56.